The van der Waals surface area contributed by atoms with Crippen molar-refractivity contribution in [1.29, 1.82) is 0 Å². The number of halogens is 2. The fourth-order valence-electron chi connectivity index (χ4n) is 1.93. The molecule has 1 heterocycles. The van der Waals surface area contributed by atoms with E-state index in [1.54, 1.807) is 35.1 Å². The smallest absolute Gasteiger partial charge is 0.269 e. The molecule has 0 radical (unpaired) electrons. The number of nitrogens with zero attached hydrogens (tertiary/aromatic N) is 3. The van der Waals surface area contributed by atoms with Crippen LogP contribution in [0.3, 0.4) is 0 Å². The van der Waals surface area contributed by atoms with Crippen molar-refractivity contribution in [2.75, 3.05) is 20.6 Å². The van der Waals surface area contributed by atoms with Crippen LogP contribution in [0.25, 0.3) is 0 Å². The Hall–Kier alpha value is -1.56. The zero-order valence-corrected chi connectivity index (χ0v) is 14.0. The lowest BCUT2D eigenvalue weighted by Gasteiger charge is -2.12. The van der Waals surface area contributed by atoms with Crippen LogP contribution in [0, 0.1) is 0 Å². The summed E-state index contributed by atoms with van der Waals surface area (Å²) in [6.07, 6.45) is 1.62. The maximum atomic E-state index is 12.3. The predicted molar refractivity (Wildman–Crippen MR) is 88.4 cm³/mol. The van der Waals surface area contributed by atoms with Crippen molar-refractivity contribution < 1.29 is 4.79 Å². The van der Waals surface area contributed by atoms with Gasteiger partial charge in [0, 0.05) is 29.3 Å². The molecule has 0 unspecified atom stereocenters. The lowest BCUT2D eigenvalue weighted by molar-refractivity contribution is 0.0939. The Bertz CT molecular complexity index is 655. The van der Waals surface area contributed by atoms with Gasteiger partial charge in [-0.3, -0.25) is 9.48 Å². The summed E-state index contributed by atoms with van der Waals surface area (Å²) in [5, 5.41) is 8.13. The van der Waals surface area contributed by atoms with Gasteiger partial charge in [-0.15, -0.1) is 0 Å². The zero-order valence-electron chi connectivity index (χ0n) is 12.5. The first-order valence-corrected chi connectivity index (χ1v) is 7.61. The normalized spacial score (nSPS) is 11.0. The van der Waals surface area contributed by atoms with Crippen LogP contribution in [-0.4, -0.2) is 41.2 Å². The summed E-state index contributed by atoms with van der Waals surface area (Å²) in [6.45, 7) is 1.81. The number of likely N-dealkylation sites (N-methyl/N-ethyl adjacent to an activating group) is 1. The van der Waals surface area contributed by atoms with Crippen molar-refractivity contribution in [3.05, 3.63) is 51.8 Å². The predicted octanol–water partition coefficient (Wildman–Crippen LogP) is 2.68. The molecule has 0 aliphatic carbocycles. The third kappa shape index (κ3) is 4.47. The van der Waals surface area contributed by atoms with Crippen LogP contribution >= 0.6 is 23.2 Å². The van der Waals surface area contributed by atoms with Crippen LogP contribution in [0.1, 0.15) is 16.1 Å². The number of benzene rings is 1. The summed E-state index contributed by atoms with van der Waals surface area (Å²) in [6, 6.07) is 6.91. The first kappa shape index (κ1) is 16.8. The molecule has 1 aromatic heterocycles. The molecule has 0 saturated heterocycles. The lowest BCUT2D eigenvalue weighted by atomic mass is 10.2. The largest absolute Gasteiger partial charge is 0.347 e. The Morgan fingerprint density at radius 2 is 2.09 bits per heavy atom. The van der Waals surface area contributed by atoms with Gasteiger partial charge in [-0.05, 0) is 37.9 Å². The van der Waals surface area contributed by atoms with Crippen molar-refractivity contribution in [3.63, 3.8) is 0 Å². The van der Waals surface area contributed by atoms with E-state index in [4.69, 9.17) is 23.2 Å². The number of amides is 1. The molecular weight excluding hydrogens is 323 g/mol. The first-order chi connectivity index (χ1) is 10.5. The molecular formula is C15H18Cl2N4O. The summed E-state index contributed by atoms with van der Waals surface area (Å²) in [7, 11) is 3.96. The number of hydrogen-bond donors (Lipinski definition) is 1. The Morgan fingerprint density at radius 1 is 1.32 bits per heavy atom. The first-order valence-electron chi connectivity index (χ1n) is 6.86. The molecule has 0 saturated carbocycles. The number of hydrogen-bond acceptors (Lipinski definition) is 3. The highest BCUT2D eigenvalue weighted by Gasteiger charge is 2.12. The number of nitrogens with one attached hydrogen (secondary N) is 1. The second kappa shape index (κ2) is 7.63. The van der Waals surface area contributed by atoms with Crippen molar-refractivity contribution in [1.82, 2.24) is 20.0 Å². The molecule has 22 heavy (non-hydrogen) atoms. The minimum absolute atomic E-state index is 0.178. The summed E-state index contributed by atoms with van der Waals surface area (Å²) < 4.78 is 1.69. The Balaban J connectivity index is 1.99. The molecule has 0 bridgehead atoms. The molecule has 0 fully saturated rings. The molecule has 7 heteroatoms. The topological polar surface area (TPSA) is 50.2 Å². The molecule has 0 atom stereocenters. The molecule has 0 aliphatic heterocycles. The minimum Gasteiger partial charge on any atom is -0.347 e. The van der Waals surface area contributed by atoms with Gasteiger partial charge in [0.25, 0.3) is 5.91 Å². The van der Waals surface area contributed by atoms with E-state index in [9.17, 15) is 4.79 Å². The number of aromatic nitrogens is 2. The molecule has 0 aliphatic rings. The monoisotopic (exact) mass is 340 g/mol. The average molecular weight is 341 g/mol. The van der Waals surface area contributed by atoms with Crippen LogP contribution in [0.15, 0.2) is 30.5 Å². The van der Waals surface area contributed by atoms with Crippen LogP contribution < -0.4 is 5.32 Å². The number of carbonyl (C=O) groups excluding carboxylic acids is 1. The van der Waals surface area contributed by atoms with Gasteiger partial charge in [-0.1, -0.05) is 29.3 Å². The van der Waals surface area contributed by atoms with E-state index in [0.29, 0.717) is 28.8 Å². The SMILES string of the molecule is CN(C)CCn1nccc1C(=O)NCc1ccc(Cl)cc1Cl. The summed E-state index contributed by atoms with van der Waals surface area (Å²) in [5.41, 5.74) is 1.35. The molecule has 1 amide bonds. The molecule has 2 aromatic rings. The van der Waals surface area contributed by atoms with Crippen molar-refractivity contribution in [2.45, 2.75) is 13.1 Å². The highest BCUT2D eigenvalue weighted by atomic mass is 35.5. The van der Waals surface area contributed by atoms with E-state index in [1.807, 2.05) is 19.0 Å². The van der Waals surface area contributed by atoms with Gasteiger partial charge in [0.2, 0.25) is 0 Å². The molecule has 118 valence electrons. The van der Waals surface area contributed by atoms with Crippen LogP contribution in [-0.2, 0) is 13.1 Å². The maximum Gasteiger partial charge on any atom is 0.269 e. The van der Waals surface area contributed by atoms with Gasteiger partial charge in [0.1, 0.15) is 5.69 Å². The molecule has 0 spiro atoms. The van der Waals surface area contributed by atoms with Gasteiger partial charge in [-0.2, -0.15) is 5.10 Å². The van der Waals surface area contributed by atoms with Crippen molar-refractivity contribution in [2.24, 2.45) is 0 Å². The van der Waals surface area contributed by atoms with Gasteiger partial charge >= 0.3 is 0 Å². The van der Waals surface area contributed by atoms with Gasteiger partial charge < -0.3 is 10.2 Å². The van der Waals surface area contributed by atoms with Gasteiger partial charge in [0.15, 0.2) is 0 Å². The maximum absolute atomic E-state index is 12.3. The lowest BCUT2D eigenvalue weighted by Crippen LogP contribution is -2.28. The minimum atomic E-state index is -0.178. The third-order valence-corrected chi connectivity index (χ3v) is 3.75. The quantitative estimate of drug-likeness (QED) is 0.879. The van der Waals surface area contributed by atoms with Crippen molar-refractivity contribution in [3.8, 4) is 0 Å². The van der Waals surface area contributed by atoms with Crippen LogP contribution in [0.2, 0.25) is 10.0 Å². The average Bonchev–Trinajstić information content (AvgIpc) is 2.92. The second-order valence-electron chi connectivity index (χ2n) is 5.16. The van der Waals surface area contributed by atoms with Crippen LogP contribution in [0.5, 0.6) is 0 Å². The zero-order chi connectivity index (χ0) is 16.1. The second-order valence-corrected chi connectivity index (χ2v) is 6.00. The molecule has 2 rings (SSSR count). The Morgan fingerprint density at radius 3 is 2.77 bits per heavy atom. The summed E-state index contributed by atoms with van der Waals surface area (Å²) in [5.74, 6) is -0.178. The van der Waals surface area contributed by atoms with Gasteiger partial charge in [0.05, 0.1) is 6.54 Å². The Kier molecular flexibility index (Phi) is 5.83. The Labute approximate surface area is 139 Å². The standard InChI is InChI=1S/C15H18Cl2N4O/c1-20(2)7-8-21-14(5-6-19-21)15(22)18-10-11-3-4-12(16)9-13(11)17/h3-6,9H,7-8,10H2,1-2H3,(H,18,22). The summed E-state index contributed by atoms with van der Waals surface area (Å²) in [4.78, 5) is 14.3. The fourth-order valence-corrected chi connectivity index (χ4v) is 2.40. The highest BCUT2D eigenvalue weighted by Crippen LogP contribution is 2.20. The van der Waals surface area contributed by atoms with Gasteiger partial charge in [-0.25, -0.2) is 0 Å². The van der Waals surface area contributed by atoms with E-state index < -0.39 is 0 Å². The van der Waals surface area contributed by atoms with E-state index in [-0.39, 0.29) is 5.91 Å². The van der Waals surface area contributed by atoms with Crippen LogP contribution in [0.4, 0.5) is 0 Å². The third-order valence-electron chi connectivity index (χ3n) is 3.16. The number of rotatable bonds is 6. The van der Waals surface area contributed by atoms with E-state index in [1.165, 1.54) is 0 Å². The molecule has 1 aromatic carbocycles. The van der Waals surface area contributed by atoms with E-state index >= 15 is 0 Å². The van der Waals surface area contributed by atoms with E-state index in [0.717, 1.165) is 12.1 Å². The molecule has 5 nitrogen and oxygen atoms in total. The van der Waals surface area contributed by atoms with E-state index in [2.05, 4.69) is 10.4 Å². The number of carbonyl (C=O) groups is 1. The molecule has 1 N–H and O–H groups in total. The highest BCUT2D eigenvalue weighted by molar-refractivity contribution is 6.35. The fraction of sp³-hybridized carbons (Fsp3) is 0.333. The van der Waals surface area contributed by atoms with Crippen molar-refractivity contribution >= 4 is 29.1 Å². The summed E-state index contributed by atoms with van der Waals surface area (Å²) >= 11 is 11.9.